The molecule has 0 atom stereocenters. The van der Waals surface area contributed by atoms with Gasteiger partial charge in [-0.15, -0.1) is 0 Å². The summed E-state index contributed by atoms with van der Waals surface area (Å²) in [5.74, 6) is 0.513. The highest BCUT2D eigenvalue weighted by atomic mass is 35.5. The van der Waals surface area contributed by atoms with E-state index in [2.05, 4.69) is 29.1 Å². The minimum atomic E-state index is -0.0630. The molecule has 1 heterocycles. The SMILES string of the molecule is CCCN(CCC)C(=O)c1cc(Nc2cc(Cl)ccc2C)ncn1. The first-order chi connectivity index (χ1) is 11.5. The predicted octanol–water partition coefficient (Wildman–Crippen LogP) is 4.44. The highest BCUT2D eigenvalue weighted by Gasteiger charge is 2.16. The van der Waals surface area contributed by atoms with Crippen LogP contribution in [-0.4, -0.2) is 33.9 Å². The molecule has 128 valence electrons. The summed E-state index contributed by atoms with van der Waals surface area (Å²) in [5.41, 5.74) is 2.30. The highest BCUT2D eigenvalue weighted by molar-refractivity contribution is 6.30. The Kier molecular flexibility index (Phi) is 6.55. The zero-order valence-electron chi connectivity index (χ0n) is 14.3. The van der Waals surface area contributed by atoms with Crippen LogP contribution >= 0.6 is 11.6 Å². The van der Waals surface area contributed by atoms with Crippen LogP contribution in [0.2, 0.25) is 5.02 Å². The number of carbonyl (C=O) groups is 1. The van der Waals surface area contributed by atoms with Crippen LogP contribution in [0.25, 0.3) is 0 Å². The number of aryl methyl sites for hydroxylation is 1. The number of rotatable bonds is 7. The average Bonchev–Trinajstić information content (AvgIpc) is 2.57. The van der Waals surface area contributed by atoms with E-state index in [4.69, 9.17) is 11.6 Å². The molecule has 1 amide bonds. The van der Waals surface area contributed by atoms with E-state index in [9.17, 15) is 4.79 Å². The molecule has 6 heteroatoms. The van der Waals surface area contributed by atoms with Crippen LogP contribution in [0, 0.1) is 6.92 Å². The summed E-state index contributed by atoms with van der Waals surface area (Å²) in [6, 6.07) is 7.29. The Balaban J connectivity index is 2.21. The Bertz CT molecular complexity index is 699. The summed E-state index contributed by atoms with van der Waals surface area (Å²) in [7, 11) is 0. The number of benzene rings is 1. The summed E-state index contributed by atoms with van der Waals surface area (Å²) in [4.78, 5) is 22.8. The third-order valence-electron chi connectivity index (χ3n) is 3.62. The van der Waals surface area contributed by atoms with Gasteiger partial charge < -0.3 is 10.2 Å². The fourth-order valence-electron chi connectivity index (χ4n) is 2.43. The number of hydrogen-bond donors (Lipinski definition) is 1. The van der Waals surface area contributed by atoms with Gasteiger partial charge in [-0.25, -0.2) is 9.97 Å². The van der Waals surface area contributed by atoms with Crippen LogP contribution < -0.4 is 5.32 Å². The van der Waals surface area contributed by atoms with Gasteiger partial charge in [-0.2, -0.15) is 0 Å². The lowest BCUT2D eigenvalue weighted by Crippen LogP contribution is -2.33. The van der Waals surface area contributed by atoms with Gasteiger partial charge in [0.05, 0.1) is 0 Å². The summed E-state index contributed by atoms with van der Waals surface area (Å²) >= 11 is 6.04. The standard InChI is InChI=1S/C18H23ClN4O/c1-4-8-23(9-5-2)18(24)16-11-17(21-12-20-16)22-15-10-14(19)7-6-13(15)3/h6-7,10-12H,4-5,8-9H2,1-3H3,(H,20,21,22). The van der Waals surface area contributed by atoms with E-state index >= 15 is 0 Å². The Labute approximate surface area is 148 Å². The number of nitrogens with one attached hydrogen (secondary N) is 1. The molecule has 2 rings (SSSR count). The van der Waals surface area contributed by atoms with Gasteiger partial charge in [-0.05, 0) is 37.5 Å². The van der Waals surface area contributed by atoms with Crippen LogP contribution in [0.4, 0.5) is 11.5 Å². The maximum Gasteiger partial charge on any atom is 0.272 e. The number of halogens is 1. The van der Waals surface area contributed by atoms with Crippen LogP contribution in [0.1, 0.15) is 42.7 Å². The number of amides is 1. The first kappa shape index (κ1) is 18.2. The normalized spacial score (nSPS) is 10.5. The molecule has 0 fully saturated rings. The van der Waals surface area contributed by atoms with E-state index in [0.717, 1.165) is 37.2 Å². The molecule has 0 bridgehead atoms. The Morgan fingerprint density at radius 2 is 1.88 bits per heavy atom. The molecule has 0 radical (unpaired) electrons. The predicted molar refractivity (Wildman–Crippen MR) is 98.0 cm³/mol. The minimum Gasteiger partial charge on any atom is -0.340 e. The Morgan fingerprint density at radius 3 is 2.54 bits per heavy atom. The third-order valence-corrected chi connectivity index (χ3v) is 3.86. The number of carbonyl (C=O) groups excluding carboxylic acids is 1. The van der Waals surface area contributed by atoms with Crippen LogP contribution in [0.5, 0.6) is 0 Å². The van der Waals surface area contributed by atoms with Gasteiger partial charge in [0.1, 0.15) is 17.8 Å². The van der Waals surface area contributed by atoms with Gasteiger partial charge in [0.25, 0.3) is 5.91 Å². The van der Waals surface area contributed by atoms with E-state index < -0.39 is 0 Å². The molecule has 1 aromatic heterocycles. The largest absolute Gasteiger partial charge is 0.340 e. The lowest BCUT2D eigenvalue weighted by Gasteiger charge is -2.21. The van der Waals surface area contributed by atoms with Crippen molar-refractivity contribution in [1.82, 2.24) is 14.9 Å². The second-order valence-electron chi connectivity index (χ2n) is 5.66. The van der Waals surface area contributed by atoms with E-state index in [0.29, 0.717) is 16.5 Å². The molecule has 0 saturated carbocycles. The molecule has 0 saturated heterocycles. The van der Waals surface area contributed by atoms with E-state index in [1.54, 1.807) is 6.07 Å². The second-order valence-corrected chi connectivity index (χ2v) is 6.10. The maximum absolute atomic E-state index is 12.6. The van der Waals surface area contributed by atoms with Crippen molar-refractivity contribution >= 4 is 29.0 Å². The molecule has 0 aliphatic heterocycles. The summed E-state index contributed by atoms with van der Waals surface area (Å²) < 4.78 is 0. The van der Waals surface area contributed by atoms with E-state index in [1.807, 2.05) is 30.0 Å². The topological polar surface area (TPSA) is 58.1 Å². The number of nitrogens with zero attached hydrogens (tertiary/aromatic N) is 3. The molecule has 1 N–H and O–H groups in total. The molecular weight excluding hydrogens is 324 g/mol. The molecule has 2 aromatic rings. The third kappa shape index (κ3) is 4.68. The van der Waals surface area contributed by atoms with Gasteiger partial charge in [0.2, 0.25) is 0 Å². The molecule has 0 aliphatic rings. The van der Waals surface area contributed by atoms with Gasteiger partial charge in [0, 0.05) is 29.9 Å². The van der Waals surface area contributed by atoms with Crippen molar-refractivity contribution < 1.29 is 4.79 Å². The van der Waals surface area contributed by atoms with Crippen molar-refractivity contribution in [3.63, 3.8) is 0 Å². The molecule has 0 unspecified atom stereocenters. The molecule has 0 aliphatic carbocycles. The van der Waals surface area contributed by atoms with Crippen molar-refractivity contribution in [3.8, 4) is 0 Å². The van der Waals surface area contributed by atoms with Crippen LogP contribution in [-0.2, 0) is 0 Å². The van der Waals surface area contributed by atoms with Crippen molar-refractivity contribution in [2.24, 2.45) is 0 Å². The van der Waals surface area contributed by atoms with Crippen molar-refractivity contribution in [2.45, 2.75) is 33.6 Å². The average molecular weight is 347 g/mol. The monoisotopic (exact) mass is 346 g/mol. The number of anilines is 2. The van der Waals surface area contributed by atoms with Gasteiger partial charge in [-0.1, -0.05) is 31.5 Å². The van der Waals surface area contributed by atoms with Crippen molar-refractivity contribution in [2.75, 3.05) is 18.4 Å². The highest BCUT2D eigenvalue weighted by Crippen LogP contribution is 2.23. The molecule has 5 nitrogen and oxygen atoms in total. The fraction of sp³-hybridized carbons (Fsp3) is 0.389. The van der Waals surface area contributed by atoms with E-state index in [1.165, 1.54) is 6.33 Å². The van der Waals surface area contributed by atoms with Gasteiger partial charge in [-0.3, -0.25) is 4.79 Å². The fourth-order valence-corrected chi connectivity index (χ4v) is 2.60. The number of aromatic nitrogens is 2. The lowest BCUT2D eigenvalue weighted by molar-refractivity contribution is 0.0749. The molecule has 1 aromatic carbocycles. The molecular formula is C18H23ClN4O. The zero-order valence-corrected chi connectivity index (χ0v) is 15.1. The van der Waals surface area contributed by atoms with E-state index in [-0.39, 0.29) is 5.91 Å². The minimum absolute atomic E-state index is 0.0630. The van der Waals surface area contributed by atoms with Gasteiger partial charge in [0.15, 0.2) is 0 Å². The summed E-state index contributed by atoms with van der Waals surface area (Å²) in [5, 5.41) is 3.85. The van der Waals surface area contributed by atoms with Crippen molar-refractivity contribution in [3.05, 3.63) is 46.9 Å². The quantitative estimate of drug-likeness (QED) is 0.805. The molecule has 0 spiro atoms. The maximum atomic E-state index is 12.6. The van der Waals surface area contributed by atoms with Crippen LogP contribution in [0.15, 0.2) is 30.6 Å². The summed E-state index contributed by atoms with van der Waals surface area (Å²) in [6.07, 6.45) is 3.25. The molecule has 24 heavy (non-hydrogen) atoms. The van der Waals surface area contributed by atoms with Crippen LogP contribution in [0.3, 0.4) is 0 Å². The van der Waals surface area contributed by atoms with Crippen molar-refractivity contribution in [1.29, 1.82) is 0 Å². The number of hydrogen-bond acceptors (Lipinski definition) is 4. The Morgan fingerprint density at radius 1 is 1.17 bits per heavy atom. The first-order valence-corrected chi connectivity index (χ1v) is 8.57. The summed E-state index contributed by atoms with van der Waals surface area (Å²) in [6.45, 7) is 7.56. The lowest BCUT2D eigenvalue weighted by atomic mass is 10.2. The smallest absolute Gasteiger partial charge is 0.272 e. The second kappa shape index (κ2) is 8.64. The van der Waals surface area contributed by atoms with Gasteiger partial charge >= 0.3 is 0 Å². The Hall–Kier alpha value is -2.14. The zero-order chi connectivity index (χ0) is 17.5. The first-order valence-electron chi connectivity index (χ1n) is 8.19.